The van der Waals surface area contributed by atoms with Gasteiger partial charge in [0.25, 0.3) is 0 Å². The summed E-state index contributed by atoms with van der Waals surface area (Å²) >= 11 is 1.70. The van der Waals surface area contributed by atoms with Gasteiger partial charge in [-0.05, 0) is 37.2 Å². The Hall–Kier alpha value is -1.04. The summed E-state index contributed by atoms with van der Waals surface area (Å²) in [5.41, 5.74) is 1.08. The zero-order valence-electron chi connectivity index (χ0n) is 14.8. The predicted molar refractivity (Wildman–Crippen MR) is 107 cm³/mol. The highest BCUT2D eigenvalue weighted by molar-refractivity contribution is 8.01. The number of aryl methyl sites for hydroxylation is 1. The molecule has 0 aromatic heterocycles. The van der Waals surface area contributed by atoms with Crippen molar-refractivity contribution in [2.45, 2.75) is 47.6 Å². The van der Waals surface area contributed by atoms with E-state index in [1.165, 1.54) is 0 Å². The zero-order valence-corrected chi connectivity index (χ0v) is 17.5. The fourth-order valence-electron chi connectivity index (χ4n) is 2.60. The molecule has 2 nitrogen and oxygen atoms in total. The maximum absolute atomic E-state index is 12.8. The Balaban J connectivity index is 2.21. The molecule has 5 heteroatoms. The van der Waals surface area contributed by atoms with Crippen LogP contribution in [-0.4, -0.2) is 27.5 Å². The first kappa shape index (κ1) is 19.3. The maximum atomic E-state index is 12.8. The van der Waals surface area contributed by atoms with E-state index < -0.39 is 17.9 Å². The highest BCUT2D eigenvalue weighted by Crippen LogP contribution is 2.31. The lowest BCUT2D eigenvalue weighted by molar-refractivity contribution is 0.595. The third kappa shape index (κ3) is 6.11. The highest BCUT2D eigenvalue weighted by Gasteiger charge is 2.27. The summed E-state index contributed by atoms with van der Waals surface area (Å²) in [6, 6.07) is 18.3. The fourth-order valence-corrected chi connectivity index (χ4v) is 9.01. The lowest BCUT2D eigenvalue weighted by atomic mass is 10.2. The van der Waals surface area contributed by atoms with Crippen molar-refractivity contribution >= 4 is 29.7 Å². The summed E-state index contributed by atoms with van der Waals surface area (Å²) in [5.74, 6) is 0.194. The molecule has 0 N–H and O–H groups in total. The Morgan fingerprint density at radius 1 is 0.958 bits per heavy atom. The molecule has 2 aromatic rings. The van der Waals surface area contributed by atoms with Gasteiger partial charge < -0.3 is 0 Å². The van der Waals surface area contributed by atoms with Crippen LogP contribution in [0.2, 0.25) is 25.7 Å². The molecule has 0 aliphatic heterocycles. The molecular formula is C19H26O2S2Si. The summed E-state index contributed by atoms with van der Waals surface area (Å²) in [5, 5.41) is 0.0883. The minimum atomic E-state index is -3.27. The van der Waals surface area contributed by atoms with E-state index >= 15 is 0 Å². The number of benzene rings is 2. The molecule has 130 valence electrons. The van der Waals surface area contributed by atoms with Crippen LogP contribution in [-0.2, 0) is 9.84 Å². The fraction of sp³-hybridized carbons (Fsp3) is 0.368. The van der Waals surface area contributed by atoms with Crippen LogP contribution in [0.15, 0.2) is 64.4 Å². The van der Waals surface area contributed by atoms with Gasteiger partial charge in [0.2, 0.25) is 0 Å². The Morgan fingerprint density at radius 2 is 1.54 bits per heavy atom. The van der Waals surface area contributed by atoms with E-state index in [2.05, 4.69) is 31.8 Å². The van der Waals surface area contributed by atoms with Gasteiger partial charge in [0, 0.05) is 18.2 Å². The summed E-state index contributed by atoms with van der Waals surface area (Å²) < 4.78 is 25.7. The quantitative estimate of drug-likeness (QED) is 0.486. The Morgan fingerprint density at radius 3 is 2.08 bits per heavy atom. The third-order valence-corrected chi connectivity index (χ3v) is 8.94. The van der Waals surface area contributed by atoms with Crippen molar-refractivity contribution in [2.24, 2.45) is 0 Å². The van der Waals surface area contributed by atoms with Gasteiger partial charge >= 0.3 is 0 Å². The summed E-state index contributed by atoms with van der Waals surface area (Å²) in [6.45, 7) is 8.85. The SMILES string of the molecule is Cc1ccc(S(=O)(=O)CC(C[Si](C)(C)C)Sc2ccccc2)cc1. The van der Waals surface area contributed by atoms with Gasteiger partial charge in [-0.25, -0.2) is 8.42 Å². The Labute approximate surface area is 151 Å². The monoisotopic (exact) mass is 378 g/mol. The van der Waals surface area contributed by atoms with Gasteiger partial charge in [0.15, 0.2) is 9.84 Å². The molecule has 1 atom stereocenters. The largest absolute Gasteiger partial charge is 0.224 e. The second kappa shape index (κ2) is 7.89. The summed E-state index contributed by atoms with van der Waals surface area (Å²) in [7, 11) is -4.64. The standard InChI is InChI=1S/C19H26O2S2Si/c1-16-10-12-19(13-11-16)23(20,21)14-18(15-24(2,3)4)22-17-8-6-5-7-9-17/h5-13,18H,14-15H2,1-4H3. The molecule has 0 aliphatic carbocycles. The number of thioether (sulfide) groups is 1. The molecule has 0 aliphatic rings. The van der Waals surface area contributed by atoms with Crippen molar-refractivity contribution in [1.82, 2.24) is 0 Å². The normalized spacial score (nSPS) is 13.7. The zero-order chi connectivity index (χ0) is 17.8. The maximum Gasteiger partial charge on any atom is 0.179 e. The molecular weight excluding hydrogens is 352 g/mol. The van der Waals surface area contributed by atoms with Gasteiger partial charge in [0.1, 0.15) is 0 Å². The first-order chi connectivity index (χ1) is 11.2. The minimum Gasteiger partial charge on any atom is -0.224 e. The summed E-state index contributed by atoms with van der Waals surface area (Å²) in [6.07, 6.45) is 0. The van der Waals surface area contributed by atoms with E-state index in [0.717, 1.165) is 16.5 Å². The second-order valence-corrected chi connectivity index (χ2v) is 16.3. The highest BCUT2D eigenvalue weighted by atomic mass is 32.2. The van der Waals surface area contributed by atoms with Crippen LogP contribution < -0.4 is 0 Å². The third-order valence-electron chi connectivity index (χ3n) is 3.67. The van der Waals surface area contributed by atoms with E-state index in [1.54, 1.807) is 23.9 Å². The molecule has 0 heterocycles. The summed E-state index contributed by atoms with van der Waals surface area (Å²) in [4.78, 5) is 1.57. The lowest BCUT2D eigenvalue weighted by Gasteiger charge is -2.24. The van der Waals surface area contributed by atoms with Crippen LogP contribution in [0.1, 0.15) is 5.56 Å². The number of hydrogen-bond acceptors (Lipinski definition) is 3. The van der Waals surface area contributed by atoms with E-state index in [9.17, 15) is 8.42 Å². The smallest absolute Gasteiger partial charge is 0.179 e. The van der Waals surface area contributed by atoms with E-state index in [4.69, 9.17) is 0 Å². The van der Waals surface area contributed by atoms with E-state index in [1.807, 2.05) is 37.3 Å². The molecule has 0 bridgehead atoms. The molecule has 1 unspecified atom stereocenters. The van der Waals surface area contributed by atoms with Gasteiger partial charge in [-0.1, -0.05) is 55.5 Å². The van der Waals surface area contributed by atoms with Crippen molar-refractivity contribution in [1.29, 1.82) is 0 Å². The lowest BCUT2D eigenvalue weighted by Crippen LogP contribution is -2.29. The van der Waals surface area contributed by atoms with Crippen LogP contribution >= 0.6 is 11.8 Å². The van der Waals surface area contributed by atoms with Crippen molar-refractivity contribution in [3.8, 4) is 0 Å². The van der Waals surface area contributed by atoms with Crippen LogP contribution in [0, 0.1) is 6.92 Å². The van der Waals surface area contributed by atoms with E-state index in [-0.39, 0.29) is 11.0 Å². The van der Waals surface area contributed by atoms with Gasteiger partial charge in [-0.15, -0.1) is 11.8 Å². The van der Waals surface area contributed by atoms with Crippen molar-refractivity contribution in [3.05, 3.63) is 60.2 Å². The van der Waals surface area contributed by atoms with Crippen LogP contribution in [0.25, 0.3) is 0 Å². The van der Waals surface area contributed by atoms with Crippen LogP contribution in [0.4, 0.5) is 0 Å². The van der Waals surface area contributed by atoms with Gasteiger partial charge in [0.05, 0.1) is 10.6 Å². The van der Waals surface area contributed by atoms with Crippen molar-refractivity contribution < 1.29 is 8.42 Å². The molecule has 2 aromatic carbocycles. The Kier molecular flexibility index (Phi) is 6.34. The first-order valence-electron chi connectivity index (χ1n) is 8.17. The van der Waals surface area contributed by atoms with Gasteiger partial charge in [-0.2, -0.15) is 0 Å². The molecule has 0 saturated heterocycles. The molecule has 2 rings (SSSR count). The van der Waals surface area contributed by atoms with Gasteiger partial charge in [-0.3, -0.25) is 0 Å². The number of hydrogen-bond donors (Lipinski definition) is 0. The molecule has 0 saturated carbocycles. The molecule has 0 spiro atoms. The molecule has 0 amide bonds. The molecule has 0 fully saturated rings. The average molecular weight is 379 g/mol. The van der Waals surface area contributed by atoms with Crippen molar-refractivity contribution in [2.75, 3.05) is 5.75 Å². The minimum absolute atomic E-state index is 0.0883. The number of sulfone groups is 1. The predicted octanol–water partition coefficient (Wildman–Crippen LogP) is 5.27. The molecule has 0 radical (unpaired) electrons. The number of rotatable bonds is 7. The topological polar surface area (TPSA) is 34.1 Å². The average Bonchev–Trinajstić information content (AvgIpc) is 2.46. The molecule has 24 heavy (non-hydrogen) atoms. The first-order valence-corrected chi connectivity index (χ1v) is 14.4. The van der Waals surface area contributed by atoms with Crippen LogP contribution in [0.3, 0.4) is 0 Å². The van der Waals surface area contributed by atoms with Crippen LogP contribution in [0.5, 0.6) is 0 Å². The second-order valence-electron chi connectivity index (χ2n) is 7.41. The van der Waals surface area contributed by atoms with Crippen molar-refractivity contribution in [3.63, 3.8) is 0 Å². The van der Waals surface area contributed by atoms with E-state index in [0.29, 0.717) is 4.90 Å². The Bertz CT molecular complexity index is 748.